The highest BCUT2D eigenvalue weighted by molar-refractivity contribution is 6.34. The smallest absolute Gasteiger partial charge is 0.291 e. The minimum absolute atomic E-state index is 0.0342. The first-order chi connectivity index (χ1) is 19.6. The summed E-state index contributed by atoms with van der Waals surface area (Å²) < 4.78 is 29.5. The summed E-state index contributed by atoms with van der Waals surface area (Å²) in [6, 6.07) is 5.40. The van der Waals surface area contributed by atoms with E-state index in [0.717, 1.165) is 32.0 Å². The molecule has 3 aromatic rings. The summed E-state index contributed by atoms with van der Waals surface area (Å²) in [5.74, 6) is -3.26. The van der Waals surface area contributed by atoms with Gasteiger partial charge in [0.1, 0.15) is 0 Å². The summed E-state index contributed by atoms with van der Waals surface area (Å²) >= 11 is 6.43. The molecule has 2 fully saturated rings. The Morgan fingerprint density at radius 1 is 1.07 bits per heavy atom. The van der Waals surface area contributed by atoms with E-state index in [1.54, 1.807) is 4.90 Å². The highest BCUT2D eigenvalue weighted by Crippen LogP contribution is 2.27. The first kappa shape index (κ1) is 28.4. The fourth-order valence-corrected chi connectivity index (χ4v) is 5.37. The summed E-state index contributed by atoms with van der Waals surface area (Å²) in [6.45, 7) is 3.42. The molecule has 0 bridgehead atoms. The zero-order valence-electron chi connectivity index (χ0n) is 22.3. The van der Waals surface area contributed by atoms with E-state index in [9.17, 15) is 23.2 Å². The van der Waals surface area contributed by atoms with Gasteiger partial charge >= 0.3 is 0 Å². The molecule has 5 rings (SSSR count). The van der Waals surface area contributed by atoms with Crippen LogP contribution in [0.15, 0.2) is 30.5 Å². The lowest BCUT2D eigenvalue weighted by atomic mass is 9.96. The second-order valence-corrected chi connectivity index (χ2v) is 10.4. The molecule has 2 aliphatic heterocycles. The zero-order valence-corrected chi connectivity index (χ0v) is 23.0. The largest absolute Gasteiger partial charge is 0.381 e. The number of amides is 3. The normalized spacial score (nSPS) is 16.1. The number of pyridine rings is 1. The van der Waals surface area contributed by atoms with E-state index in [2.05, 4.69) is 20.6 Å². The molecule has 14 heteroatoms. The molecule has 0 spiro atoms. The Labute approximate surface area is 239 Å². The predicted molar refractivity (Wildman–Crippen MR) is 148 cm³/mol. The van der Waals surface area contributed by atoms with Crippen molar-refractivity contribution in [3.8, 4) is 11.3 Å². The molecule has 4 heterocycles. The number of halogens is 3. The Bertz CT molecular complexity index is 1500. The molecule has 0 aliphatic carbocycles. The van der Waals surface area contributed by atoms with Crippen LogP contribution in [0.1, 0.15) is 33.8 Å². The van der Waals surface area contributed by atoms with Crippen molar-refractivity contribution in [1.82, 2.24) is 29.7 Å². The Kier molecular flexibility index (Phi) is 8.18. The summed E-state index contributed by atoms with van der Waals surface area (Å²) in [6.07, 6.45) is 2.88. The van der Waals surface area contributed by atoms with Gasteiger partial charge in [-0.05, 0) is 50.2 Å². The summed E-state index contributed by atoms with van der Waals surface area (Å²) in [5.41, 5.74) is 5.81. The van der Waals surface area contributed by atoms with Crippen LogP contribution in [-0.4, -0.2) is 81.3 Å². The van der Waals surface area contributed by atoms with E-state index in [1.165, 1.54) is 36.0 Å². The summed E-state index contributed by atoms with van der Waals surface area (Å²) in [7, 11) is 1.47. The number of anilines is 2. The maximum Gasteiger partial charge on any atom is 0.291 e. The van der Waals surface area contributed by atoms with Gasteiger partial charge in [0.15, 0.2) is 17.5 Å². The molecule has 3 amide bonds. The second-order valence-electron chi connectivity index (χ2n) is 10.0. The molecule has 4 N–H and O–H groups in total. The van der Waals surface area contributed by atoms with Gasteiger partial charge in [-0.2, -0.15) is 9.37 Å². The molecule has 0 atom stereocenters. The number of rotatable bonds is 5. The van der Waals surface area contributed by atoms with Gasteiger partial charge in [0.2, 0.25) is 11.9 Å². The first-order valence-corrected chi connectivity index (χ1v) is 13.5. The minimum atomic E-state index is -0.999. The molecular weight excluding hydrogens is 558 g/mol. The average molecular weight is 587 g/mol. The van der Waals surface area contributed by atoms with Gasteiger partial charge in [-0.1, -0.05) is 11.6 Å². The minimum Gasteiger partial charge on any atom is -0.381 e. The van der Waals surface area contributed by atoms with Crippen LogP contribution in [0.5, 0.6) is 0 Å². The van der Waals surface area contributed by atoms with Crippen LogP contribution >= 0.6 is 11.6 Å². The molecule has 216 valence electrons. The van der Waals surface area contributed by atoms with Crippen molar-refractivity contribution in [2.75, 3.05) is 50.3 Å². The van der Waals surface area contributed by atoms with Crippen LogP contribution in [0.3, 0.4) is 0 Å². The number of carbonyl (C=O) groups excluding carboxylic acids is 3. The number of aromatic nitrogens is 3. The quantitative estimate of drug-likeness (QED) is 0.391. The highest BCUT2D eigenvalue weighted by Gasteiger charge is 2.30. The highest BCUT2D eigenvalue weighted by atomic mass is 35.5. The first-order valence-electron chi connectivity index (χ1n) is 13.2. The van der Waals surface area contributed by atoms with E-state index < -0.39 is 23.5 Å². The maximum atomic E-state index is 14.3. The summed E-state index contributed by atoms with van der Waals surface area (Å²) in [5, 5.41) is 6.06. The monoisotopic (exact) mass is 586 g/mol. The molecule has 0 unspecified atom stereocenters. The molecular formula is C27H29ClF2N8O3. The van der Waals surface area contributed by atoms with Crippen LogP contribution < -0.4 is 16.4 Å². The standard InChI is InChI=1S/C27H29ClF2N8O3/c1-36-21(18-13-20(29)23(31)35-22(18)30)14-33-24(36)25(39)34-16-2-3-17(19(28)12-16)27(41)38-10-8-37(9-11-38)26(40)15-4-6-32-7-5-15/h2-3,12-15,32H,4-11H2,1H3,(H2,31,35)(H,34,39). The second kappa shape index (κ2) is 11.8. The van der Waals surface area contributed by atoms with Crippen molar-refractivity contribution in [1.29, 1.82) is 0 Å². The van der Waals surface area contributed by atoms with Gasteiger partial charge in [-0.3, -0.25) is 14.4 Å². The van der Waals surface area contributed by atoms with Gasteiger partial charge in [0.25, 0.3) is 11.8 Å². The SMILES string of the molecule is Cn1c(-c2cc(F)c(N)nc2F)cnc1C(=O)Nc1ccc(C(=O)N2CCN(C(=O)C3CCNCC3)CC2)c(Cl)c1. The van der Waals surface area contributed by atoms with Crippen molar-refractivity contribution in [2.24, 2.45) is 13.0 Å². The molecule has 11 nitrogen and oxygen atoms in total. The van der Waals surface area contributed by atoms with E-state index >= 15 is 0 Å². The van der Waals surface area contributed by atoms with Crippen LogP contribution in [0.25, 0.3) is 11.3 Å². The van der Waals surface area contributed by atoms with Crippen LogP contribution in [-0.2, 0) is 11.8 Å². The predicted octanol–water partition coefficient (Wildman–Crippen LogP) is 2.53. The average Bonchev–Trinajstić information content (AvgIpc) is 3.36. The lowest BCUT2D eigenvalue weighted by Gasteiger charge is -2.37. The van der Waals surface area contributed by atoms with Crippen LogP contribution in [0.4, 0.5) is 20.3 Å². The summed E-state index contributed by atoms with van der Waals surface area (Å²) in [4.78, 5) is 49.8. The topological polar surface area (TPSA) is 138 Å². The Morgan fingerprint density at radius 3 is 2.44 bits per heavy atom. The number of piperazine rings is 1. The number of nitrogens with one attached hydrogen (secondary N) is 2. The third-order valence-corrected chi connectivity index (χ3v) is 7.76. The third kappa shape index (κ3) is 5.86. The van der Waals surface area contributed by atoms with E-state index in [1.807, 2.05) is 4.90 Å². The number of benzene rings is 1. The molecule has 1 aromatic carbocycles. The maximum absolute atomic E-state index is 14.3. The van der Waals surface area contributed by atoms with Crippen molar-refractivity contribution < 1.29 is 23.2 Å². The number of imidazole rings is 1. The third-order valence-electron chi connectivity index (χ3n) is 7.45. The Hall–Kier alpha value is -4.10. The fourth-order valence-electron chi connectivity index (χ4n) is 5.11. The molecule has 2 saturated heterocycles. The number of hydrogen-bond donors (Lipinski definition) is 3. The van der Waals surface area contributed by atoms with Crippen molar-refractivity contribution >= 4 is 40.8 Å². The lowest BCUT2D eigenvalue weighted by molar-refractivity contribution is -0.137. The van der Waals surface area contributed by atoms with Gasteiger partial charge in [0.05, 0.1) is 28.0 Å². The fraction of sp³-hybridized carbons (Fsp3) is 0.370. The van der Waals surface area contributed by atoms with E-state index in [4.69, 9.17) is 17.3 Å². The number of hydrogen-bond acceptors (Lipinski definition) is 7. The van der Waals surface area contributed by atoms with Crippen molar-refractivity contribution in [2.45, 2.75) is 12.8 Å². The van der Waals surface area contributed by atoms with Gasteiger partial charge < -0.3 is 30.7 Å². The molecule has 0 saturated carbocycles. The van der Waals surface area contributed by atoms with Crippen LogP contribution in [0.2, 0.25) is 5.02 Å². The number of piperidine rings is 1. The van der Waals surface area contributed by atoms with Gasteiger partial charge in [0, 0.05) is 44.8 Å². The van der Waals surface area contributed by atoms with Crippen molar-refractivity contribution in [3.05, 3.63) is 58.6 Å². The van der Waals surface area contributed by atoms with Crippen molar-refractivity contribution in [3.63, 3.8) is 0 Å². The zero-order chi connectivity index (χ0) is 29.3. The Morgan fingerprint density at radius 2 is 1.76 bits per heavy atom. The van der Waals surface area contributed by atoms with Gasteiger partial charge in [-0.25, -0.2) is 9.37 Å². The van der Waals surface area contributed by atoms with E-state index in [-0.39, 0.29) is 45.4 Å². The number of nitrogen functional groups attached to an aromatic ring is 1. The van der Waals surface area contributed by atoms with Gasteiger partial charge in [-0.15, -0.1) is 0 Å². The van der Waals surface area contributed by atoms with Crippen LogP contribution in [0, 0.1) is 17.7 Å². The van der Waals surface area contributed by atoms with E-state index in [0.29, 0.717) is 31.9 Å². The lowest BCUT2D eigenvalue weighted by Crippen LogP contribution is -2.52. The Balaban J connectivity index is 1.22. The molecule has 41 heavy (non-hydrogen) atoms. The number of carbonyl (C=O) groups is 3. The molecule has 0 radical (unpaired) electrons. The molecule has 2 aromatic heterocycles. The molecule has 2 aliphatic rings. The number of nitrogens with zero attached hydrogens (tertiary/aromatic N) is 5. The number of nitrogens with two attached hydrogens (primary N) is 1.